The van der Waals surface area contributed by atoms with Crippen molar-refractivity contribution in [2.75, 3.05) is 5.73 Å². The Labute approximate surface area is 102 Å². The molecule has 0 heterocycles. The maximum Gasteiger partial charge on any atom is 0.306 e. The lowest BCUT2D eigenvalue weighted by molar-refractivity contribution is -0.148. The van der Waals surface area contributed by atoms with Gasteiger partial charge in [-0.25, -0.2) is 0 Å². The van der Waals surface area contributed by atoms with Crippen molar-refractivity contribution in [1.29, 1.82) is 0 Å². The standard InChI is InChI=1S/C14H19NO2/c15-12-8-5-11(6-9-12)7-10-14(16)17-13-3-1-2-4-13/h5-6,8-9,13H,1-4,7,10,15H2. The predicted octanol–water partition coefficient (Wildman–Crippen LogP) is 2.69. The first-order valence-corrected chi connectivity index (χ1v) is 6.28. The molecule has 1 aliphatic carbocycles. The molecule has 0 unspecified atom stereocenters. The maximum atomic E-state index is 11.6. The molecule has 0 amide bonds. The zero-order valence-corrected chi connectivity index (χ0v) is 10.0. The molecule has 1 aromatic rings. The average Bonchev–Trinajstić information content (AvgIpc) is 2.81. The summed E-state index contributed by atoms with van der Waals surface area (Å²) in [7, 11) is 0. The number of carbonyl (C=O) groups is 1. The van der Waals surface area contributed by atoms with Crippen LogP contribution in [0, 0.1) is 0 Å². The summed E-state index contributed by atoms with van der Waals surface area (Å²) in [4.78, 5) is 11.6. The van der Waals surface area contributed by atoms with Gasteiger partial charge in [0.2, 0.25) is 0 Å². The minimum Gasteiger partial charge on any atom is -0.462 e. The van der Waals surface area contributed by atoms with Crippen molar-refractivity contribution < 1.29 is 9.53 Å². The molecule has 2 N–H and O–H groups in total. The Balaban J connectivity index is 1.73. The lowest BCUT2D eigenvalue weighted by Gasteiger charge is -2.11. The molecule has 3 nitrogen and oxygen atoms in total. The molecule has 17 heavy (non-hydrogen) atoms. The number of hydrogen-bond acceptors (Lipinski definition) is 3. The normalized spacial score (nSPS) is 16.0. The molecular formula is C14H19NO2. The van der Waals surface area contributed by atoms with Crippen molar-refractivity contribution in [2.24, 2.45) is 0 Å². The van der Waals surface area contributed by atoms with Gasteiger partial charge in [-0.05, 0) is 49.8 Å². The van der Waals surface area contributed by atoms with Crippen LogP contribution in [0.1, 0.15) is 37.7 Å². The fourth-order valence-electron chi connectivity index (χ4n) is 2.18. The van der Waals surface area contributed by atoms with Gasteiger partial charge >= 0.3 is 5.97 Å². The minimum atomic E-state index is -0.0753. The number of ether oxygens (including phenoxy) is 1. The van der Waals surface area contributed by atoms with Gasteiger partial charge in [0.05, 0.1) is 0 Å². The van der Waals surface area contributed by atoms with Crippen LogP contribution >= 0.6 is 0 Å². The number of hydrogen-bond donors (Lipinski definition) is 1. The second-order valence-corrected chi connectivity index (χ2v) is 4.64. The number of benzene rings is 1. The van der Waals surface area contributed by atoms with Crippen molar-refractivity contribution in [3.63, 3.8) is 0 Å². The fraction of sp³-hybridized carbons (Fsp3) is 0.500. The third-order valence-corrected chi connectivity index (χ3v) is 3.20. The van der Waals surface area contributed by atoms with Crippen molar-refractivity contribution in [1.82, 2.24) is 0 Å². The molecular weight excluding hydrogens is 214 g/mol. The van der Waals surface area contributed by atoms with Crippen molar-refractivity contribution in [3.8, 4) is 0 Å². The summed E-state index contributed by atoms with van der Waals surface area (Å²) >= 11 is 0. The summed E-state index contributed by atoms with van der Waals surface area (Å²) in [6, 6.07) is 7.63. The van der Waals surface area contributed by atoms with Crippen molar-refractivity contribution in [3.05, 3.63) is 29.8 Å². The van der Waals surface area contributed by atoms with Crippen LogP contribution in [-0.2, 0) is 16.0 Å². The third kappa shape index (κ3) is 3.77. The molecule has 0 bridgehead atoms. The number of nitrogen functional groups attached to an aromatic ring is 1. The van der Waals surface area contributed by atoms with Gasteiger partial charge in [0.25, 0.3) is 0 Å². The molecule has 0 aliphatic heterocycles. The number of nitrogens with two attached hydrogens (primary N) is 1. The Kier molecular flexibility index (Phi) is 4.02. The molecule has 3 heteroatoms. The molecule has 0 radical (unpaired) electrons. The van der Waals surface area contributed by atoms with Crippen LogP contribution in [0.15, 0.2) is 24.3 Å². The second-order valence-electron chi connectivity index (χ2n) is 4.64. The highest BCUT2D eigenvalue weighted by Crippen LogP contribution is 2.21. The molecule has 92 valence electrons. The van der Waals surface area contributed by atoms with Crippen LogP contribution in [0.5, 0.6) is 0 Å². The molecule has 0 aromatic heterocycles. The van der Waals surface area contributed by atoms with E-state index in [9.17, 15) is 4.79 Å². The Bertz CT molecular complexity index is 366. The summed E-state index contributed by atoms with van der Waals surface area (Å²) in [6.45, 7) is 0. The fourth-order valence-corrected chi connectivity index (χ4v) is 2.18. The van der Waals surface area contributed by atoms with Crippen molar-refractivity contribution in [2.45, 2.75) is 44.6 Å². The minimum absolute atomic E-state index is 0.0753. The van der Waals surface area contributed by atoms with Gasteiger partial charge in [-0.1, -0.05) is 12.1 Å². The highest BCUT2D eigenvalue weighted by Gasteiger charge is 2.18. The Morgan fingerprint density at radius 3 is 2.53 bits per heavy atom. The summed E-state index contributed by atoms with van der Waals surface area (Å²) in [5.74, 6) is -0.0753. The number of anilines is 1. The third-order valence-electron chi connectivity index (χ3n) is 3.20. The van der Waals surface area contributed by atoms with E-state index in [1.807, 2.05) is 24.3 Å². The molecule has 1 aliphatic rings. The zero-order valence-electron chi connectivity index (χ0n) is 10.0. The van der Waals surface area contributed by atoms with Crippen molar-refractivity contribution >= 4 is 11.7 Å². The number of esters is 1. The SMILES string of the molecule is Nc1ccc(CCC(=O)OC2CCCC2)cc1. The molecule has 1 fully saturated rings. The van der Waals surface area contributed by atoms with Gasteiger partial charge in [0.15, 0.2) is 0 Å². The van der Waals surface area contributed by atoms with Crippen LogP contribution in [-0.4, -0.2) is 12.1 Å². The van der Waals surface area contributed by atoms with E-state index >= 15 is 0 Å². The van der Waals surface area contributed by atoms with Gasteiger partial charge in [-0.15, -0.1) is 0 Å². The van der Waals surface area contributed by atoms with Gasteiger partial charge in [0.1, 0.15) is 6.10 Å². The summed E-state index contributed by atoms with van der Waals surface area (Å²) in [6.07, 6.45) is 5.81. The first kappa shape index (κ1) is 12.0. The van der Waals surface area contributed by atoms with E-state index in [2.05, 4.69) is 0 Å². The summed E-state index contributed by atoms with van der Waals surface area (Å²) in [5.41, 5.74) is 7.48. The van der Waals surface area contributed by atoms with E-state index in [4.69, 9.17) is 10.5 Å². The quantitative estimate of drug-likeness (QED) is 0.642. The first-order valence-electron chi connectivity index (χ1n) is 6.28. The lowest BCUT2D eigenvalue weighted by Crippen LogP contribution is -2.14. The highest BCUT2D eigenvalue weighted by atomic mass is 16.5. The van der Waals surface area contributed by atoms with Crippen LogP contribution in [0.3, 0.4) is 0 Å². The van der Waals surface area contributed by atoms with Gasteiger partial charge in [-0.2, -0.15) is 0 Å². The van der Waals surface area contributed by atoms with Gasteiger partial charge in [0, 0.05) is 12.1 Å². The Morgan fingerprint density at radius 1 is 1.24 bits per heavy atom. The zero-order chi connectivity index (χ0) is 12.1. The number of carbonyl (C=O) groups excluding carboxylic acids is 1. The monoisotopic (exact) mass is 233 g/mol. The maximum absolute atomic E-state index is 11.6. The molecule has 1 aromatic carbocycles. The van der Waals surface area contributed by atoms with Crippen LogP contribution in [0.2, 0.25) is 0 Å². The largest absolute Gasteiger partial charge is 0.462 e. The average molecular weight is 233 g/mol. The Morgan fingerprint density at radius 2 is 1.88 bits per heavy atom. The first-order chi connectivity index (χ1) is 8.24. The van der Waals surface area contributed by atoms with E-state index in [0.29, 0.717) is 6.42 Å². The summed E-state index contributed by atoms with van der Waals surface area (Å²) in [5, 5.41) is 0. The van der Waals surface area contributed by atoms with Gasteiger partial charge < -0.3 is 10.5 Å². The molecule has 0 saturated heterocycles. The smallest absolute Gasteiger partial charge is 0.306 e. The topological polar surface area (TPSA) is 52.3 Å². The second kappa shape index (κ2) is 5.71. The van der Waals surface area contributed by atoms with Crippen LogP contribution in [0.25, 0.3) is 0 Å². The van der Waals surface area contributed by atoms with Gasteiger partial charge in [-0.3, -0.25) is 4.79 Å². The lowest BCUT2D eigenvalue weighted by atomic mass is 10.1. The molecule has 0 spiro atoms. The predicted molar refractivity (Wildman–Crippen MR) is 67.5 cm³/mol. The summed E-state index contributed by atoms with van der Waals surface area (Å²) < 4.78 is 5.39. The van der Waals surface area contributed by atoms with E-state index in [1.54, 1.807) is 0 Å². The Hall–Kier alpha value is -1.51. The molecule has 2 rings (SSSR count). The van der Waals surface area contributed by atoms with E-state index in [0.717, 1.165) is 30.5 Å². The highest BCUT2D eigenvalue weighted by molar-refractivity contribution is 5.70. The molecule has 1 saturated carbocycles. The van der Waals surface area contributed by atoms with E-state index < -0.39 is 0 Å². The van der Waals surface area contributed by atoms with E-state index in [1.165, 1.54) is 12.8 Å². The van der Waals surface area contributed by atoms with Crippen LogP contribution in [0.4, 0.5) is 5.69 Å². The molecule has 0 atom stereocenters. The van der Waals surface area contributed by atoms with E-state index in [-0.39, 0.29) is 12.1 Å². The number of rotatable bonds is 4. The number of aryl methyl sites for hydroxylation is 1. The van der Waals surface area contributed by atoms with Crippen LogP contribution < -0.4 is 5.73 Å².